The molecule has 29 heavy (non-hydrogen) atoms. The first kappa shape index (κ1) is 18.0. The molecule has 0 saturated heterocycles. The molecule has 5 fully saturated rings. The van der Waals surface area contributed by atoms with Gasteiger partial charge < -0.3 is 14.8 Å². The smallest absolute Gasteiger partial charge is 0.303 e. The molecule has 0 spiro atoms. The zero-order valence-electron chi connectivity index (χ0n) is 17.6. The molecule has 5 saturated carbocycles. The number of esters is 1. The Morgan fingerprint density at radius 1 is 1.07 bits per heavy atom. The Kier molecular flexibility index (Phi) is 3.80. The number of rotatable bonds is 4. The van der Waals surface area contributed by atoms with Crippen molar-refractivity contribution < 1.29 is 14.3 Å². The summed E-state index contributed by atoms with van der Waals surface area (Å²) in [5.74, 6) is 3.28. The monoisotopic (exact) mass is 396 g/mol. The maximum atomic E-state index is 11.9. The van der Waals surface area contributed by atoms with E-state index >= 15 is 0 Å². The molecular formula is C24H32N2O3. The van der Waals surface area contributed by atoms with Crippen LogP contribution < -0.4 is 10.1 Å². The number of carbonyl (C=O) groups excluding carboxylic acids is 1. The fourth-order valence-corrected chi connectivity index (χ4v) is 8.32. The molecule has 0 aromatic carbocycles. The summed E-state index contributed by atoms with van der Waals surface area (Å²) in [5, 5.41) is 4.04. The van der Waals surface area contributed by atoms with E-state index in [9.17, 15) is 4.79 Å². The zero-order chi connectivity index (χ0) is 19.8. The summed E-state index contributed by atoms with van der Waals surface area (Å²) in [6.45, 7) is 1.57. The largest absolute Gasteiger partial charge is 0.481 e. The molecule has 2 atom stereocenters. The van der Waals surface area contributed by atoms with E-state index in [4.69, 9.17) is 14.5 Å². The van der Waals surface area contributed by atoms with Crippen LogP contribution in [0.4, 0.5) is 5.69 Å². The lowest BCUT2D eigenvalue weighted by Gasteiger charge is -2.61. The van der Waals surface area contributed by atoms with Gasteiger partial charge in [-0.1, -0.05) is 0 Å². The van der Waals surface area contributed by atoms with Crippen LogP contribution in [-0.4, -0.2) is 29.2 Å². The second-order valence-electron chi connectivity index (χ2n) is 10.7. The quantitative estimate of drug-likeness (QED) is 0.733. The van der Waals surface area contributed by atoms with E-state index in [1.807, 2.05) is 6.20 Å². The topological polar surface area (TPSA) is 60.4 Å². The van der Waals surface area contributed by atoms with E-state index in [0.717, 1.165) is 25.1 Å². The van der Waals surface area contributed by atoms with Crippen molar-refractivity contribution in [1.82, 2.24) is 4.98 Å². The molecule has 5 nitrogen and oxygen atoms in total. The average Bonchev–Trinajstić information content (AvgIpc) is 2.66. The second kappa shape index (κ2) is 6.12. The molecule has 1 aromatic rings. The summed E-state index contributed by atoms with van der Waals surface area (Å²) in [5.41, 5.74) is 3.88. The van der Waals surface area contributed by atoms with E-state index < -0.39 is 0 Å². The summed E-state index contributed by atoms with van der Waals surface area (Å²) in [6.07, 6.45) is 13.9. The van der Waals surface area contributed by atoms with Gasteiger partial charge in [0.2, 0.25) is 5.88 Å². The molecule has 2 unspecified atom stereocenters. The van der Waals surface area contributed by atoms with E-state index in [-0.39, 0.29) is 17.1 Å². The number of hydrogen-bond donors (Lipinski definition) is 1. The van der Waals surface area contributed by atoms with Crippen LogP contribution in [0.25, 0.3) is 0 Å². The minimum Gasteiger partial charge on any atom is -0.481 e. The fraction of sp³-hybridized carbons (Fsp3) is 0.750. The molecule has 156 valence electrons. The predicted molar refractivity (Wildman–Crippen MR) is 110 cm³/mol. The molecule has 0 aliphatic heterocycles. The SMILES string of the molecule is COc1ncc(NC23CC4CC(C2)CC(OC(C)=O)(C4)C3)c2c1C1CCC2CC1. The van der Waals surface area contributed by atoms with Crippen molar-refractivity contribution >= 4 is 11.7 Å². The number of fused-ring (bicyclic) bond motifs is 2. The molecule has 6 bridgehead atoms. The lowest BCUT2D eigenvalue weighted by Crippen LogP contribution is -2.63. The standard InChI is InChI=1S/C24H32N2O3/c1-14(27)29-24-10-15-7-16(11-24)9-23(8-15,13-24)26-19-12-25-22(28-2)21-18-5-3-17(4-6-18)20(19)21/h12,15-18,26H,3-11,13H2,1-2H3. The van der Waals surface area contributed by atoms with Crippen molar-refractivity contribution in [2.75, 3.05) is 12.4 Å². The molecule has 7 aliphatic rings. The van der Waals surface area contributed by atoms with Crippen molar-refractivity contribution in [2.45, 2.75) is 94.1 Å². The maximum Gasteiger partial charge on any atom is 0.303 e. The summed E-state index contributed by atoms with van der Waals surface area (Å²) >= 11 is 0. The van der Waals surface area contributed by atoms with E-state index in [2.05, 4.69) is 5.32 Å². The lowest BCUT2D eigenvalue weighted by molar-refractivity contribution is -0.185. The number of methoxy groups -OCH3 is 1. The van der Waals surface area contributed by atoms with Gasteiger partial charge in [-0.05, 0) is 87.0 Å². The minimum atomic E-state index is -0.248. The molecule has 1 N–H and O–H groups in total. The number of nitrogens with one attached hydrogen (secondary N) is 1. The minimum absolute atomic E-state index is 0.0419. The second-order valence-corrected chi connectivity index (χ2v) is 10.7. The Hall–Kier alpha value is -1.78. The average molecular weight is 397 g/mol. The molecule has 0 radical (unpaired) electrons. The Bertz CT molecular complexity index is 844. The third-order valence-corrected chi connectivity index (χ3v) is 8.63. The number of nitrogens with zero attached hydrogens (tertiary/aromatic N) is 1. The molecular weight excluding hydrogens is 364 g/mol. The molecule has 0 amide bonds. The van der Waals surface area contributed by atoms with Crippen molar-refractivity contribution in [3.8, 4) is 5.88 Å². The summed E-state index contributed by atoms with van der Waals surface area (Å²) in [7, 11) is 1.75. The molecule has 7 aliphatic carbocycles. The van der Waals surface area contributed by atoms with Gasteiger partial charge in [0.1, 0.15) is 5.60 Å². The highest BCUT2D eigenvalue weighted by atomic mass is 16.6. The molecule has 1 aromatic heterocycles. The first-order valence-corrected chi connectivity index (χ1v) is 11.5. The number of carbonyl (C=O) groups is 1. The highest BCUT2D eigenvalue weighted by Crippen LogP contribution is 2.61. The Balaban J connectivity index is 1.38. The Morgan fingerprint density at radius 2 is 1.72 bits per heavy atom. The fourth-order valence-electron chi connectivity index (χ4n) is 8.32. The van der Waals surface area contributed by atoms with Crippen molar-refractivity contribution in [1.29, 1.82) is 0 Å². The van der Waals surface area contributed by atoms with Gasteiger partial charge in [0, 0.05) is 24.4 Å². The van der Waals surface area contributed by atoms with Crippen LogP contribution in [-0.2, 0) is 9.53 Å². The Labute approximate surface area is 172 Å². The first-order valence-electron chi connectivity index (χ1n) is 11.5. The third-order valence-electron chi connectivity index (χ3n) is 8.63. The van der Waals surface area contributed by atoms with Crippen LogP contribution in [0.3, 0.4) is 0 Å². The maximum absolute atomic E-state index is 11.9. The van der Waals surface area contributed by atoms with Gasteiger partial charge >= 0.3 is 5.97 Å². The van der Waals surface area contributed by atoms with E-state index in [1.165, 1.54) is 61.8 Å². The highest BCUT2D eigenvalue weighted by molar-refractivity contribution is 5.67. The predicted octanol–water partition coefficient (Wildman–Crippen LogP) is 4.91. The summed E-state index contributed by atoms with van der Waals surface area (Å²) in [6, 6.07) is 0. The summed E-state index contributed by atoms with van der Waals surface area (Å²) in [4.78, 5) is 16.6. The van der Waals surface area contributed by atoms with Gasteiger partial charge in [-0.3, -0.25) is 4.79 Å². The summed E-state index contributed by atoms with van der Waals surface area (Å²) < 4.78 is 11.7. The van der Waals surface area contributed by atoms with Crippen molar-refractivity contribution in [3.63, 3.8) is 0 Å². The van der Waals surface area contributed by atoms with Crippen LogP contribution in [0.2, 0.25) is 0 Å². The molecule has 5 heteroatoms. The van der Waals surface area contributed by atoms with Gasteiger partial charge in [0.05, 0.1) is 19.0 Å². The molecule has 8 rings (SSSR count). The van der Waals surface area contributed by atoms with E-state index in [1.54, 1.807) is 14.0 Å². The molecule has 1 heterocycles. The van der Waals surface area contributed by atoms with Crippen LogP contribution in [0, 0.1) is 11.8 Å². The van der Waals surface area contributed by atoms with Gasteiger partial charge in [0.25, 0.3) is 0 Å². The van der Waals surface area contributed by atoms with Crippen molar-refractivity contribution in [3.05, 3.63) is 17.3 Å². The Morgan fingerprint density at radius 3 is 2.34 bits per heavy atom. The van der Waals surface area contributed by atoms with Gasteiger partial charge in [-0.25, -0.2) is 4.98 Å². The number of anilines is 1. The van der Waals surface area contributed by atoms with Crippen LogP contribution >= 0.6 is 0 Å². The van der Waals surface area contributed by atoms with Crippen LogP contribution in [0.1, 0.15) is 94.1 Å². The van der Waals surface area contributed by atoms with E-state index in [0.29, 0.717) is 23.7 Å². The first-order chi connectivity index (χ1) is 14.0. The zero-order valence-corrected chi connectivity index (χ0v) is 17.6. The van der Waals surface area contributed by atoms with Crippen molar-refractivity contribution in [2.24, 2.45) is 11.8 Å². The number of ether oxygens (including phenoxy) is 2. The van der Waals surface area contributed by atoms with Gasteiger partial charge in [0.15, 0.2) is 0 Å². The van der Waals surface area contributed by atoms with Gasteiger partial charge in [-0.15, -0.1) is 0 Å². The number of hydrogen-bond acceptors (Lipinski definition) is 5. The van der Waals surface area contributed by atoms with Crippen LogP contribution in [0.5, 0.6) is 5.88 Å². The van der Waals surface area contributed by atoms with Crippen LogP contribution in [0.15, 0.2) is 6.20 Å². The highest BCUT2D eigenvalue weighted by Gasteiger charge is 2.59. The van der Waals surface area contributed by atoms with Gasteiger partial charge in [-0.2, -0.15) is 0 Å². The normalized spacial score (nSPS) is 41.2. The number of pyridine rings is 1. The number of aromatic nitrogens is 1. The third kappa shape index (κ3) is 2.72. The lowest BCUT2D eigenvalue weighted by atomic mass is 9.51.